The van der Waals surface area contributed by atoms with Crippen LogP contribution in [-0.2, 0) is 4.79 Å². The van der Waals surface area contributed by atoms with Gasteiger partial charge in [0.15, 0.2) is 0 Å². The minimum Gasteiger partial charge on any atom is -0.364 e. The molecule has 4 N–H and O–H groups in total. The molecule has 6 heteroatoms. The largest absolute Gasteiger partial charge is 0.364 e. The summed E-state index contributed by atoms with van der Waals surface area (Å²) in [7, 11) is 0. The first-order chi connectivity index (χ1) is 9.63. The molecule has 0 radical (unpaired) electrons. The maximum Gasteiger partial charge on any atom is 0.266 e. The first-order valence-electron chi connectivity index (χ1n) is 7.29. The van der Waals surface area contributed by atoms with Gasteiger partial charge in [-0.1, -0.05) is 12.8 Å². The second kappa shape index (κ2) is 5.26. The maximum atomic E-state index is 12.0. The summed E-state index contributed by atoms with van der Waals surface area (Å²) < 4.78 is 0. The number of carbonyl (C=O) groups is 2. The molecule has 0 saturated heterocycles. The van der Waals surface area contributed by atoms with Crippen molar-refractivity contribution < 1.29 is 9.59 Å². The van der Waals surface area contributed by atoms with Gasteiger partial charge in [-0.15, -0.1) is 0 Å². The second-order valence-electron chi connectivity index (χ2n) is 5.93. The smallest absolute Gasteiger partial charge is 0.266 e. The molecule has 0 unspecified atom stereocenters. The summed E-state index contributed by atoms with van der Waals surface area (Å²) in [5.74, 6) is 0.258. The van der Waals surface area contributed by atoms with Crippen LogP contribution in [0.25, 0.3) is 0 Å². The molecule has 108 valence electrons. The van der Waals surface area contributed by atoms with Gasteiger partial charge in [0.2, 0.25) is 5.91 Å². The third kappa shape index (κ3) is 2.55. The van der Waals surface area contributed by atoms with Crippen molar-refractivity contribution in [2.24, 2.45) is 11.7 Å². The van der Waals surface area contributed by atoms with E-state index >= 15 is 0 Å². The van der Waals surface area contributed by atoms with E-state index in [0.29, 0.717) is 11.6 Å². The lowest BCUT2D eigenvalue weighted by Crippen LogP contribution is -2.45. The molecule has 6 nitrogen and oxygen atoms in total. The van der Waals surface area contributed by atoms with E-state index < -0.39 is 5.91 Å². The molecule has 0 atom stereocenters. The van der Waals surface area contributed by atoms with E-state index in [1.807, 2.05) is 0 Å². The van der Waals surface area contributed by atoms with Crippen LogP contribution in [0, 0.1) is 5.92 Å². The van der Waals surface area contributed by atoms with Gasteiger partial charge in [-0.2, -0.15) is 5.10 Å². The lowest BCUT2D eigenvalue weighted by Gasteiger charge is -2.35. The Hall–Kier alpha value is -1.85. The summed E-state index contributed by atoms with van der Waals surface area (Å²) in [4.78, 5) is 23.0. The molecule has 2 saturated carbocycles. The molecule has 2 amide bonds. The van der Waals surface area contributed by atoms with Crippen LogP contribution in [0.15, 0.2) is 6.07 Å². The number of rotatable bonds is 4. The Balaban J connectivity index is 1.48. The molecule has 0 aliphatic heterocycles. The molecule has 2 aliphatic carbocycles. The molecule has 0 bridgehead atoms. The number of nitrogens with zero attached hydrogens (tertiary/aromatic N) is 1. The van der Waals surface area contributed by atoms with Crippen LogP contribution in [-0.4, -0.2) is 28.1 Å². The van der Waals surface area contributed by atoms with Gasteiger partial charge in [0.05, 0.1) is 5.69 Å². The van der Waals surface area contributed by atoms with Crippen molar-refractivity contribution in [2.45, 2.75) is 50.5 Å². The summed E-state index contributed by atoms with van der Waals surface area (Å²) in [5, 5.41) is 9.87. The number of hydrogen-bond acceptors (Lipinski definition) is 3. The highest BCUT2D eigenvalue weighted by atomic mass is 16.2. The zero-order valence-corrected chi connectivity index (χ0v) is 11.4. The number of H-pyrrole nitrogens is 1. The number of aromatic amines is 1. The highest BCUT2D eigenvalue weighted by molar-refractivity contribution is 5.90. The molecule has 3 rings (SSSR count). The minimum atomic E-state index is -0.492. The maximum absolute atomic E-state index is 12.0. The van der Waals surface area contributed by atoms with Crippen LogP contribution in [0.2, 0.25) is 0 Å². The van der Waals surface area contributed by atoms with E-state index in [2.05, 4.69) is 15.5 Å². The summed E-state index contributed by atoms with van der Waals surface area (Å²) in [6, 6.07) is 1.96. The normalized spacial score (nSPS) is 26.2. The topological polar surface area (TPSA) is 101 Å². The first kappa shape index (κ1) is 13.1. The zero-order valence-electron chi connectivity index (χ0n) is 11.4. The predicted octanol–water partition coefficient (Wildman–Crippen LogP) is 1.06. The van der Waals surface area contributed by atoms with Gasteiger partial charge in [-0.05, 0) is 31.7 Å². The van der Waals surface area contributed by atoms with E-state index in [1.165, 1.54) is 12.8 Å². The predicted molar refractivity (Wildman–Crippen MR) is 73.0 cm³/mol. The molecule has 1 aromatic heterocycles. The quantitative estimate of drug-likeness (QED) is 0.766. The van der Waals surface area contributed by atoms with Crippen molar-refractivity contribution in [3.05, 3.63) is 17.5 Å². The molecular formula is C14H20N4O2. The average Bonchev–Trinajstić information content (AvgIpc) is 3.03. The van der Waals surface area contributed by atoms with Crippen molar-refractivity contribution in [2.75, 3.05) is 0 Å². The highest BCUT2D eigenvalue weighted by Gasteiger charge is 2.34. The fourth-order valence-corrected chi connectivity index (χ4v) is 3.16. The lowest BCUT2D eigenvalue weighted by atomic mass is 9.78. The third-order valence-electron chi connectivity index (χ3n) is 4.49. The molecule has 2 fully saturated rings. The van der Waals surface area contributed by atoms with Crippen molar-refractivity contribution in [1.29, 1.82) is 0 Å². The van der Waals surface area contributed by atoms with Crippen molar-refractivity contribution in [3.8, 4) is 0 Å². The standard InChI is InChI=1S/C14H20N4O2/c15-13(19)12-7-11(17-18-12)9-5-10(6-9)16-14(20)8-3-1-2-4-8/h7-10H,1-6H2,(H2,15,19)(H,16,20)(H,17,18)/t9-,10+. The van der Waals surface area contributed by atoms with E-state index in [0.717, 1.165) is 31.4 Å². The zero-order chi connectivity index (χ0) is 14.1. The van der Waals surface area contributed by atoms with Crippen molar-refractivity contribution in [1.82, 2.24) is 15.5 Å². The summed E-state index contributed by atoms with van der Waals surface area (Å²) >= 11 is 0. The molecule has 0 spiro atoms. The van der Waals surface area contributed by atoms with E-state index in [1.54, 1.807) is 6.07 Å². The average molecular weight is 276 g/mol. The Bertz CT molecular complexity index is 513. The number of primary amides is 1. The van der Waals surface area contributed by atoms with Crippen molar-refractivity contribution in [3.63, 3.8) is 0 Å². The van der Waals surface area contributed by atoms with Gasteiger partial charge < -0.3 is 11.1 Å². The van der Waals surface area contributed by atoms with Gasteiger partial charge in [0, 0.05) is 17.9 Å². The number of nitrogens with two attached hydrogens (primary N) is 1. The van der Waals surface area contributed by atoms with Crippen LogP contribution in [0.1, 0.15) is 60.6 Å². The molecule has 1 aromatic rings. The number of amides is 2. The number of aromatic nitrogens is 2. The van der Waals surface area contributed by atoms with E-state index in [9.17, 15) is 9.59 Å². The molecule has 0 aromatic carbocycles. The monoisotopic (exact) mass is 276 g/mol. The number of carbonyl (C=O) groups excluding carboxylic acids is 2. The van der Waals surface area contributed by atoms with Gasteiger partial charge in [0.25, 0.3) is 5.91 Å². The van der Waals surface area contributed by atoms with Gasteiger partial charge >= 0.3 is 0 Å². The second-order valence-corrected chi connectivity index (χ2v) is 5.93. The number of hydrogen-bond donors (Lipinski definition) is 3. The van der Waals surface area contributed by atoms with Crippen molar-refractivity contribution >= 4 is 11.8 Å². The number of nitrogens with one attached hydrogen (secondary N) is 2. The minimum absolute atomic E-state index is 0.214. The van der Waals surface area contributed by atoms with Gasteiger partial charge in [0.1, 0.15) is 5.69 Å². The van der Waals surface area contributed by atoms with Gasteiger partial charge in [-0.3, -0.25) is 14.7 Å². The van der Waals surface area contributed by atoms with Gasteiger partial charge in [-0.25, -0.2) is 0 Å². The Morgan fingerprint density at radius 1 is 1.30 bits per heavy atom. The Morgan fingerprint density at radius 2 is 2.00 bits per heavy atom. The third-order valence-corrected chi connectivity index (χ3v) is 4.49. The summed E-state index contributed by atoms with van der Waals surface area (Å²) in [5.41, 5.74) is 6.39. The first-order valence-corrected chi connectivity index (χ1v) is 7.29. The Labute approximate surface area is 117 Å². The molecule has 1 heterocycles. The SMILES string of the molecule is NC(=O)c1cc([C@H]2C[C@@H](NC(=O)C3CCCC3)C2)n[nH]1. The molecule has 20 heavy (non-hydrogen) atoms. The Morgan fingerprint density at radius 3 is 2.60 bits per heavy atom. The Kier molecular flexibility index (Phi) is 3.46. The molecular weight excluding hydrogens is 256 g/mol. The van der Waals surface area contributed by atoms with E-state index in [4.69, 9.17) is 5.73 Å². The van der Waals surface area contributed by atoms with E-state index in [-0.39, 0.29) is 17.9 Å². The van der Waals surface area contributed by atoms with Crippen LogP contribution >= 0.6 is 0 Å². The summed E-state index contributed by atoms with van der Waals surface area (Å²) in [6.45, 7) is 0. The fourth-order valence-electron chi connectivity index (χ4n) is 3.16. The fraction of sp³-hybridized carbons (Fsp3) is 0.643. The lowest BCUT2D eigenvalue weighted by molar-refractivity contribution is -0.126. The van der Waals surface area contributed by atoms with Crippen LogP contribution in [0.5, 0.6) is 0 Å². The van der Waals surface area contributed by atoms with Crippen LogP contribution in [0.3, 0.4) is 0 Å². The van der Waals surface area contributed by atoms with Crippen LogP contribution in [0.4, 0.5) is 0 Å². The summed E-state index contributed by atoms with van der Waals surface area (Å²) in [6.07, 6.45) is 6.19. The van der Waals surface area contributed by atoms with Crippen LogP contribution < -0.4 is 11.1 Å². The highest BCUT2D eigenvalue weighted by Crippen LogP contribution is 2.36. The molecule has 2 aliphatic rings.